The third-order valence-electron chi connectivity index (χ3n) is 4.02. The summed E-state index contributed by atoms with van der Waals surface area (Å²) in [5.41, 5.74) is 5.38. The lowest BCUT2D eigenvalue weighted by Crippen LogP contribution is -2.52. The number of carbonyl (C=O) groups excluding carboxylic acids is 1. The van der Waals surface area contributed by atoms with Gasteiger partial charge in [-0.05, 0) is 38.4 Å². The fourth-order valence-corrected chi connectivity index (χ4v) is 2.72. The van der Waals surface area contributed by atoms with Crippen LogP contribution in [-0.4, -0.2) is 29.5 Å². The van der Waals surface area contributed by atoms with E-state index in [4.69, 9.17) is 10.5 Å². The van der Waals surface area contributed by atoms with Crippen molar-refractivity contribution < 1.29 is 14.5 Å². The average Bonchev–Trinajstić information content (AvgIpc) is 2.85. The minimum Gasteiger partial charge on any atom is -0.483 e. The number of amides is 1. The van der Waals surface area contributed by atoms with Crippen molar-refractivity contribution in [2.75, 3.05) is 7.05 Å². The van der Waals surface area contributed by atoms with Crippen LogP contribution in [0.5, 0.6) is 5.75 Å². The van der Waals surface area contributed by atoms with E-state index in [2.05, 4.69) is 5.32 Å². The van der Waals surface area contributed by atoms with Gasteiger partial charge >= 0.3 is 5.69 Å². The van der Waals surface area contributed by atoms with Gasteiger partial charge in [-0.25, -0.2) is 0 Å². The quantitative estimate of drug-likeness (QED) is 0.628. The molecule has 1 aromatic carbocycles. The Morgan fingerprint density at radius 2 is 2.29 bits per heavy atom. The predicted molar refractivity (Wildman–Crippen MR) is 77.1 cm³/mol. The second kappa shape index (κ2) is 5.69. The molecule has 0 aliphatic heterocycles. The molecule has 0 radical (unpaired) electrons. The number of hydrogen-bond donors (Lipinski definition) is 2. The highest BCUT2D eigenvalue weighted by atomic mass is 16.6. The molecule has 1 amide bonds. The Morgan fingerprint density at radius 1 is 1.57 bits per heavy atom. The average molecular weight is 293 g/mol. The van der Waals surface area contributed by atoms with Crippen LogP contribution < -0.4 is 15.8 Å². The van der Waals surface area contributed by atoms with Crippen molar-refractivity contribution in [3.8, 4) is 5.75 Å². The Balaban J connectivity index is 2.17. The molecule has 1 aliphatic carbocycles. The number of carbonyl (C=O) groups is 1. The van der Waals surface area contributed by atoms with E-state index >= 15 is 0 Å². The molecule has 2 atom stereocenters. The molecule has 0 spiro atoms. The number of primary amides is 1. The number of benzene rings is 1. The first-order valence-corrected chi connectivity index (χ1v) is 6.78. The SMILES string of the molecule is CNC1(C(N)=O)CCC(Oc2ccc(C)cc2[N+](=O)[O-])C1. The first kappa shape index (κ1) is 15.2. The van der Waals surface area contributed by atoms with E-state index in [9.17, 15) is 14.9 Å². The molecule has 21 heavy (non-hydrogen) atoms. The molecule has 1 aromatic rings. The number of rotatable bonds is 5. The Morgan fingerprint density at radius 3 is 2.81 bits per heavy atom. The van der Waals surface area contributed by atoms with Gasteiger partial charge in [0.2, 0.25) is 5.91 Å². The minimum absolute atomic E-state index is 0.0592. The van der Waals surface area contributed by atoms with Crippen molar-refractivity contribution in [3.63, 3.8) is 0 Å². The van der Waals surface area contributed by atoms with E-state index in [1.165, 1.54) is 6.07 Å². The molecular formula is C14H19N3O4. The Bertz CT molecular complexity index is 575. The van der Waals surface area contributed by atoms with Crippen molar-refractivity contribution in [2.45, 2.75) is 37.8 Å². The van der Waals surface area contributed by atoms with Crippen molar-refractivity contribution in [3.05, 3.63) is 33.9 Å². The van der Waals surface area contributed by atoms with Gasteiger partial charge in [-0.15, -0.1) is 0 Å². The van der Waals surface area contributed by atoms with E-state index in [0.717, 1.165) is 5.56 Å². The minimum atomic E-state index is -0.788. The second-order valence-electron chi connectivity index (χ2n) is 5.41. The summed E-state index contributed by atoms with van der Waals surface area (Å²) in [6.07, 6.45) is 1.31. The molecule has 3 N–H and O–H groups in total. The lowest BCUT2D eigenvalue weighted by atomic mass is 9.97. The summed E-state index contributed by atoms with van der Waals surface area (Å²) < 4.78 is 5.74. The van der Waals surface area contributed by atoms with Gasteiger partial charge in [-0.3, -0.25) is 14.9 Å². The highest BCUT2D eigenvalue weighted by Crippen LogP contribution is 2.35. The van der Waals surface area contributed by atoms with Gasteiger partial charge in [0.25, 0.3) is 0 Å². The molecule has 1 saturated carbocycles. The van der Waals surface area contributed by atoms with Gasteiger partial charge in [0.15, 0.2) is 5.75 Å². The van der Waals surface area contributed by atoms with Gasteiger partial charge in [0, 0.05) is 12.5 Å². The number of aryl methyl sites for hydroxylation is 1. The highest BCUT2D eigenvalue weighted by Gasteiger charge is 2.44. The molecule has 7 heteroatoms. The molecule has 114 valence electrons. The number of nitro groups is 1. The van der Waals surface area contributed by atoms with Crippen molar-refractivity contribution in [1.82, 2.24) is 5.32 Å². The van der Waals surface area contributed by atoms with E-state index in [1.807, 2.05) is 0 Å². The Labute approximate surface area is 122 Å². The zero-order valence-corrected chi connectivity index (χ0v) is 12.1. The van der Waals surface area contributed by atoms with Crippen LogP contribution in [0.4, 0.5) is 5.69 Å². The number of hydrogen-bond acceptors (Lipinski definition) is 5. The number of nitro benzene ring substituents is 1. The summed E-state index contributed by atoms with van der Waals surface area (Å²) in [4.78, 5) is 22.2. The molecule has 2 unspecified atom stereocenters. The van der Waals surface area contributed by atoms with Gasteiger partial charge in [-0.2, -0.15) is 0 Å². The van der Waals surface area contributed by atoms with Crippen molar-refractivity contribution in [2.24, 2.45) is 5.73 Å². The number of ether oxygens (including phenoxy) is 1. The maximum absolute atomic E-state index is 11.6. The Hall–Kier alpha value is -2.15. The topological polar surface area (TPSA) is 107 Å². The molecular weight excluding hydrogens is 274 g/mol. The molecule has 0 bridgehead atoms. The summed E-state index contributed by atoms with van der Waals surface area (Å²) in [5.74, 6) is -0.193. The molecule has 7 nitrogen and oxygen atoms in total. The van der Waals surface area contributed by atoms with E-state index in [-0.39, 0.29) is 17.5 Å². The third-order valence-corrected chi connectivity index (χ3v) is 4.02. The van der Waals surface area contributed by atoms with E-state index in [0.29, 0.717) is 19.3 Å². The van der Waals surface area contributed by atoms with E-state index in [1.54, 1.807) is 26.1 Å². The van der Waals surface area contributed by atoms with Crippen LogP contribution >= 0.6 is 0 Å². The lowest BCUT2D eigenvalue weighted by molar-refractivity contribution is -0.386. The largest absolute Gasteiger partial charge is 0.483 e. The molecule has 2 rings (SSSR count). The number of nitrogens with zero attached hydrogens (tertiary/aromatic N) is 1. The van der Waals surface area contributed by atoms with E-state index < -0.39 is 16.4 Å². The predicted octanol–water partition coefficient (Wildman–Crippen LogP) is 1.28. The molecule has 1 fully saturated rings. The molecule has 0 aromatic heterocycles. The number of nitrogens with two attached hydrogens (primary N) is 1. The van der Waals surface area contributed by atoms with Crippen LogP contribution in [0.25, 0.3) is 0 Å². The monoisotopic (exact) mass is 293 g/mol. The summed E-state index contributed by atoms with van der Waals surface area (Å²) in [6, 6.07) is 4.83. The molecule has 0 heterocycles. The molecule has 1 aliphatic rings. The number of likely N-dealkylation sites (N-methyl/N-ethyl adjacent to an activating group) is 1. The van der Waals surface area contributed by atoms with Crippen LogP contribution in [0.15, 0.2) is 18.2 Å². The first-order valence-electron chi connectivity index (χ1n) is 6.78. The first-order chi connectivity index (χ1) is 9.88. The zero-order chi connectivity index (χ0) is 15.6. The fourth-order valence-electron chi connectivity index (χ4n) is 2.72. The summed E-state index contributed by atoms with van der Waals surface area (Å²) >= 11 is 0. The fraction of sp³-hybridized carbons (Fsp3) is 0.500. The highest BCUT2D eigenvalue weighted by molar-refractivity contribution is 5.85. The summed E-state index contributed by atoms with van der Waals surface area (Å²) in [7, 11) is 1.68. The van der Waals surface area contributed by atoms with Gasteiger partial charge in [-0.1, -0.05) is 6.07 Å². The second-order valence-corrected chi connectivity index (χ2v) is 5.41. The third kappa shape index (κ3) is 2.97. The normalized spacial score (nSPS) is 24.8. The lowest BCUT2D eigenvalue weighted by Gasteiger charge is -2.24. The van der Waals surface area contributed by atoms with Crippen molar-refractivity contribution in [1.29, 1.82) is 0 Å². The standard InChI is InChI=1S/C14H19N3O4/c1-9-3-4-12(11(7-9)17(19)20)21-10-5-6-14(8-10,16-2)13(15)18/h3-4,7,10,16H,5-6,8H2,1-2H3,(H2,15,18). The van der Waals surface area contributed by atoms with Crippen LogP contribution in [-0.2, 0) is 4.79 Å². The summed E-state index contributed by atoms with van der Waals surface area (Å²) in [5, 5.41) is 14.0. The zero-order valence-electron chi connectivity index (χ0n) is 12.1. The van der Waals surface area contributed by atoms with Crippen LogP contribution in [0.3, 0.4) is 0 Å². The van der Waals surface area contributed by atoms with Crippen LogP contribution in [0.2, 0.25) is 0 Å². The van der Waals surface area contributed by atoms with Gasteiger partial charge < -0.3 is 15.8 Å². The maximum Gasteiger partial charge on any atom is 0.311 e. The molecule has 0 saturated heterocycles. The van der Waals surface area contributed by atoms with Gasteiger partial charge in [0.1, 0.15) is 11.6 Å². The Kier molecular flexibility index (Phi) is 4.13. The van der Waals surface area contributed by atoms with Crippen molar-refractivity contribution >= 4 is 11.6 Å². The smallest absolute Gasteiger partial charge is 0.311 e. The van der Waals surface area contributed by atoms with Gasteiger partial charge in [0.05, 0.1) is 4.92 Å². The van der Waals surface area contributed by atoms with Crippen LogP contribution in [0.1, 0.15) is 24.8 Å². The number of nitrogens with one attached hydrogen (secondary N) is 1. The maximum atomic E-state index is 11.6. The van der Waals surface area contributed by atoms with Crippen LogP contribution in [0, 0.1) is 17.0 Å². The summed E-state index contributed by atoms with van der Waals surface area (Å²) in [6.45, 7) is 1.78.